The van der Waals surface area contributed by atoms with Crippen molar-refractivity contribution in [2.24, 2.45) is 0 Å². The molecular formula is C19H24N2O3S. The Bertz CT molecular complexity index is 723. The van der Waals surface area contributed by atoms with Crippen molar-refractivity contribution >= 4 is 28.9 Å². The number of esters is 1. The molecule has 0 saturated carbocycles. The third-order valence-corrected chi connectivity index (χ3v) is 4.99. The number of aryl methyl sites for hydroxylation is 1. The van der Waals surface area contributed by atoms with E-state index in [1.807, 2.05) is 0 Å². The summed E-state index contributed by atoms with van der Waals surface area (Å²) in [6.07, 6.45) is 0. The molecule has 0 aliphatic heterocycles. The fourth-order valence-electron chi connectivity index (χ4n) is 2.36. The number of amides is 1. The molecule has 1 aromatic heterocycles. The van der Waals surface area contributed by atoms with Crippen molar-refractivity contribution in [3.05, 3.63) is 51.7 Å². The smallest absolute Gasteiger partial charge is 0.337 e. The summed E-state index contributed by atoms with van der Waals surface area (Å²) in [6.45, 7) is 7.33. The van der Waals surface area contributed by atoms with E-state index in [0.717, 1.165) is 6.54 Å². The lowest BCUT2D eigenvalue weighted by Crippen LogP contribution is -2.37. The van der Waals surface area contributed by atoms with E-state index < -0.39 is 5.97 Å². The van der Waals surface area contributed by atoms with Crippen LogP contribution >= 0.6 is 11.3 Å². The van der Waals surface area contributed by atoms with Crippen molar-refractivity contribution in [1.82, 2.24) is 4.90 Å². The van der Waals surface area contributed by atoms with E-state index in [-0.39, 0.29) is 11.9 Å². The van der Waals surface area contributed by atoms with Crippen molar-refractivity contribution in [2.75, 3.05) is 19.0 Å². The third kappa shape index (κ3) is 5.41. The molecule has 1 heterocycles. The van der Waals surface area contributed by atoms with Gasteiger partial charge in [-0.05, 0) is 62.0 Å². The first-order chi connectivity index (χ1) is 11.9. The highest BCUT2D eigenvalue weighted by atomic mass is 32.1. The number of carbonyl (C=O) groups is 2. The van der Waals surface area contributed by atoms with E-state index in [2.05, 4.69) is 47.2 Å². The molecule has 1 aromatic carbocycles. The van der Waals surface area contributed by atoms with Gasteiger partial charge in [-0.3, -0.25) is 9.69 Å². The van der Waals surface area contributed by atoms with E-state index in [1.165, 1.54) is 17.6 Å². The number of hydrogen-bond acceptors (Lipinski definition) is 5. The molecule has 0 unspecified atom stereocenters. The Balaban J connectivity index is 1.97. The molecule has 1 N–H and O–H groups in total. The zero-order valence-corrected chi connectivity index (χ0v) is 15.9. The lowest BCUT2D eigenvalue weighted by atomic mass is 10.2. The minimum atomic E-state index is -0.393. The van der Waals surface area contributed by atoms with Crippen LogP contribution in [0.25, 0.3) is 0 Å². The Morgan fingerprint density at radius 2 is 1.88 bits per heavy atom. The van der Waals surface area contributed by atoms with Crippen LogP contribution in [-0.2, 0) is 16.1 Å². The van der Waals surface area contributed by atoms with Gasteiger partial charge in [0.1, 0.15) is 0 Å². The maximum atomic E-state index is 12.4. The van der Waals surface area contributed by atoms with Crippen LogP contribution in [-0.4, -0.2) is 36.5 Å². The minimum absolute atomic E-state index is 0.0753. The lowest BCUT2D eigenvalue weighted by molar-refractivity contribution is -0.117. The van der Waals surface area contributed by atoms with E-state index >= 15 is 0 Å². The van der Waals surface area contributed by atoms with Gasteiger partial charge in [-0.25, -0.2) is 4.79 Å². The molecule has 1 amide bonds. The van der Waals surface area contributed by atoms with Crippen LogP contribution in [0.5, 0.6) is 0 Å². The van der Waals surface area contributed by atoms with Gasteiger partial charge in [0.05, 0.1) is 19.2 Å². The number of rotatable bonds is 7. The Hall–Kier alpha value is -2.18. The van der Waals surface area contributed by atoms with Gasteiger partial charge in [0.2, 0.25) is 5.91 Å². The number of ether oxygens (including phenoxy) is 1. The molecule has 5 nitrogen and oxygen atoms in total. The molecule has 0 aliphatic rings. The quantitative estimate of drug-likeness (QED) is 0.765. The van der Waals surface area contributed by atoms with Crippen LogP contribution in [0.4, 0.5) is 5.69 Å². The maximum Gasteiger partial charge on any atom is 0.337 e. The first-order valence-electron chi connectivity index (χ1n) is 8.16. The Labute approximate surface area is 152 Å². The van der Waals surface area contributed by atoms with Gasteiger partial charge < -0.3 is 10.1 Å². The number of carbonyl (C=O) groups excluding carboxylic acids is 2. The van der Waals surface area contributed by atoms with Crippen LogP contribution < -0.4 is 5.32 Å². The average molecular weight is 360 g/mol. The number of anilines is 1. The zero-order chi connectivity index (χ0) is 18.4. The van der Waals surface area contributed by atoms with Crippen LogP contribution in [0.3, 0.4) is 0 Å². The fourth-order valence-corrected chi connectivity index (χ4v) is 3.29. The summed E-state index contributed by atoms with van der Waals surface area (Å²) in [6, 6.07) is 9.03. The van der Waals surface area contributed by atoms with Crippen LogP contribution in [0.2, 0.25) is 0 Å². The van der Waals surface area contributed by atoms with Crippen LogP contribution in [0, 0.1) is 6.92 Å². The van der Waals surface area contributed by atoms with Gasteiger partial charge in [0, 0.05) is 23.2 Å². The monoisotopic (exact) mass is 360 g/mol. The molecule has 0 aliphatic carbocycles. The SMILES string of the molecule is COC(=O)c1ccc(NC(=O)CN(Cc2sccc2C)C(C)C)cc1. The zero-order valence-electron chi connectivity index (χ0n) is 15.0. The first-order valence-corrected chi connectivity index (χ1v) is 9.04. The van der Waals surface area contributed by atoms with Crippen LogP contribution in [0.15, 0.2) is 35.7 Å². The molecule has 134 valence electrons. The summed E-state index contributed by atoms with van der Waals surface area (Å²) in [5.41, 5.74) is 2.38. The predicted molar refractivity (Wildman–Crippen MR) is 101 cm³/mol. The van der Waals surface area contributed by atoms with Crippen LogP contribution in [0.1, 0.15) is 34.6 Å². The van der Waals surface area contributed by atoms with Gasteiger partial charge in [-0.15, -0.1) is 11.3 Å². The highest BCUT2D eigenvalue weighted by Gasteiger charge is 2.16. The first kappa shape index (κ1) is 19.1. The van der Waals surface area contributed by atoms with E-state index in [1.54, 1.807) is 35.6 Å². The molecule has 0 fully saturated rings. The van der Waals surface area contributed by atoms with Gasteiger partial charge >= 0.3 is 5.97 Å². The average Bonchev–Trinajstić information content (AvgIpc) is 2.99. The van der Waals surface area contributed by atoms with Crippen molar-refractivity contribution < 1.29 is 14.3 Å². The van der Waals surface area contributed by atoms with Crippen molar-refractivity contribution in [3.63, 3.8) is 0 Å². The highest BCUT2D eigenvalue weighted by Crippen LogP contribution is 2.19. The van der Waals surface area contributed by atoms with E-state index in [0.29, 0.717) is 17.8 Å². The van der Waals surface area contributed by atoms with Gasteiger partial charge in [0.15, 0.2) is 0 Å². The van der Waals surface area contributed by atoms with Gasteiger partial charge in [-0.2, -0.15) is 0 Å². The van der Waals surface area contributed by atoms with E-state index in [9.17, 15) is 9.59 Å². The number of methoxy groups -OCH3 is 1. The Morgan fingerprint density at radius 1 is 1.20 bits per heavy atom. The maximum absolute atomic E-state index is 12.4. The second-order valence-electron chi connectivity index (χ2n) is 6.14. The molecule has 6 heteroatoms. The molecule has 0 spiro atoms. The molecule has 0 radical (unpaired) electrons. The Morgan fingerprint density at radius 3 is 2.40 bits per heavy atom. The van der Waals surface area contributed by atoms with Crippen molar-refractivity contribution in [1.29, 1.82) is 0 Å². The number of benzene rings is 1. The molecule has 2 rings (SSSR count). The van der Waals surface area contributed by atoms with E-state index in [4.69, 9.17) is 0 Å². The number of hydrogen-bond donors (Lipinski definition) is 1. The number of nitrogens with one attached hydrogen (secondary N) is 1. The molecule has 2 aromatic rings. The summed E-state index contributed by atoms with van der Waals surface area (Å²) < 4.78 is 4.66. The molecule has 25 heavy (non-hydrogen) atoms. The second-order valence-corrected chi connectivity index (χ2v) is 7.14. The standard InChI is InChI=1S/C19H24N2O3S/c1-13(2)21(11-17-14(3)9-10-25-17)12-18(22)20-16-7-5-15(6-8-16)19(23)24-4/h5-10,13H,11-12H2,1-4H3,(H,20,22). The van der Waals surface area contributed by atoms with Crippen molar-refractivity contribution in [3.8, 4) is 0 Å². The summed E-state index contributed by atoms with van der Waals surface area (Å²) >= 11 is 1.72. The fraction of sp³-hybridized carbons (Fsp3) is 0.368. The third-order valence-electron chi connectivity index (χ3n) is 3.98. The van der Waals surface area contributed by atoms with Crippen molar-refractivity contribution in [2.45, 2.75) is 33.4 Å². The molecule has 0 bridgehead atoms. The normalized spacial score (nSPS) is 11.0. The predicted octanol–water partition coefficient (Wildman–Crippen LogP) is 3.69. The lowest BCUT2D eigenvalue weighted by Gasteiger charge is -2.25. The summed E-state index contributed by atoms with van der Waals surface area (Å²) in [7, 11) is 1.34. The van der Waals surface area contributed by atoms with Gasteiger partial charge in [-0.1, -0.05) is 0 Å². The number of nitrogens with zero attached hydrogens (tertiary/aromatic N) is 1. The minimum Gasteiger partial charge on any atom is -0.465 e. The topological polar surface area (TPSA) is 58.6 Å². The largest absolute Gasteiger partial charge is 0.465 e. The number of thiophene rings is 1. The second kappa shape index (κ2) is 8.78. The summed E-state index contributed by atoms with van der Waals surface area (Å²) in [4.78, 5) is 27.2. The summed E-state index contributed by atoms with van der Waals surface area (Å²) in [5, 5.41) is 4.95. The molecule has 0 saturated heterocycles. The summed E-state index contributed by atoms with van der Waals surface area (Å²) in [5.74, 6) is -0.469. The highest BCUT2D eigenvalue weighted by molar-refractivity contribution is 7.10. The molecule has 0 atom stereocenters. The molecular weight excluding hydrogens is 336 g/mol. The Kier molecular flexibility index (Phi) is 6.73. The van der Waals surface area contributed by atoms with Gasteiger partial charge in [0.25, 0.3) is 0 Å².